The van der Waals surface area contributed by atoms with Crippen LogP contribution >= 0.6 is 0 Å². The molecule has 0 spiro atoms. The Morgan fingerprint density at radius 1 is 0.818 bits per heavy atom. The minimum absolute atomic E-state index is 0.313. The van der Waals surface area contributed by atoms with Crippen LogP contribution in [0.5, 0.6) is 0 Å². The lowest BCUT2D eigenvalue weighted by molar-refractivity contribution is -0.126. The standard InChI is InChI=1S/C20H24O2/c1-2-3-6-15-20(21-16-18-11-7-4-8-12-18)22-17-19-13-9-5-10-14-19/h4-15,20H,2-3,16-17H2,1H3/b15-6+. The van der Waals surface area contributed by atoms with Crippen molar-refractivity contribution >= 4 is 0 Å². The Balaban J connectivity index is 1.87. The highest BCUT2D eigenvalue weighted by Gasteiger charge is 2.06. The lowest BCUT2D eigenvalue weighted by Crippen LogP contribution is -2.14. The first-order valence-corrected chi connectivity index (χ1v) is 7.86. The molecule has 2 nitrogen and oxygen atoms in total. The van der Waals surface area contributed by atoms with Crippen LogP contribution in [0.25, 0.3) is 0 Å². The van der Waals surface area contributed by atoms with Gasteiger partial charge in [0.2, 0.25) is 0 Å². The molecule has 0 N–H and O–H groups in total. The van der Waals surface area contributed by atoms with Crippen LogP contribution in [-0.4, -0.2) is 6.29 Å². The van der Waals surface area contributed by atoms with Gasteiger partial charge in [0.05, 0.1) is 13.2 Å². The molecule has 0 unspecified atom stereocenters. The molecular formula is C20H24O2. The Bertz CT molecular complexity index is 491. The van der Waals surface area contributed by atoms with E-state index in [0.29, 0.717) is 13.2 Å². The van der Waals surface area contributed by atoms with Crippen LogP contribution in [0, 0.1) is 0 Å². The summed E-state index contributed by atoms with van der Waals surface area (Å²) in [6, 6.07) is 20.3. The number of allylic oxidation sites excluding steroid dienone is 1. The van der Waals surface area contributed by atoms with Gasteiger partial charge in [0.15, 0.2) is 6.29 Å². The van der Waals surface area contributed by atoms with Gasteiger partial charge < -0.3 is 9.47 Å². The van der Waals surface area contributed by atoms with Gasteiger partial charge in [-0.1, -0.05) is 80.1 Å². The van der Waals surface area contributed by atoms with Crippen molar-refractivity contribution in [2.45, 2.75) is 39.3 Å². The van der Waals surface area contributed by atoms with Gasteiger partial charge in [0, 0.05) is 0 Å². The van der Waals surface area contributed by atoms with Gasteiger partial charge in [-0.2, -0.15) is 0 Å². The maximum absolute atomic E-state index is 5.89. The van der Waals surface area contributed by atoms with Gasteiger partial charge in [0.25, 0.3) is 0 Å². The minimum atomic E-state index is -0.313. The zero-order valence-electron chi connectivity index (χ0n) is 13.2. The molecule has 2 aromatic rings. The van der Waals surface area contributed by atoms with Crippen LogP contribution in [0.3, 0.4) is 0 Å². The number of hydrogen-bond acceptors (Lipinski definition) is 2. The summed E-state index contributed by atoms with van der Waals surface area (Å²) in [5.41, 5.74) is 2.31. The molecule has 0 radical (unpaired) electrons. The van der Waals surface area contributed by atoms with E-state index >= 15 is 0 Å². The zero-order valence-corrected chi connectivity index (χ0v) is 13.2. The Morgan fingerprint density at radius 2 is 1.32 bits per heavy atom. The maximum atomic E-state index is 5.89. The third-order valence-electron chi connectivity index (χ3n) is 3.26. The second-order valence-corrected chi connectivity index (χ2v) is 5.18. The average Bonchev–Trinajstić information content (AvgIpc) is 2.59. The van der Waals surface area contributed by atoms with E-state index in [2.05, 4.69) is 37.3 Å². The Labute approximate surface area is 133 Å². The lowest BCUT2D eigenvalue weighted by Gasteiger charge is -2.15. The molecule has 0 saturated carbocycles. The van der Waals surface area contributed by atoms with Crippen molar-refractivity contribution in [2.75, 3.05) is 0 Å². The third kappa shape index (κ3) is 6.25. The van der Waals surface area contributed by atoms with E-state index in [4.69, 9.17) is 9.47 Å². The summed E-state index contributed by atoms with van der Waals surface area (Å²) in [7, 11) is 0. The summed E-state index contributed by atoms with van der Waals surface area (Å²) in [6.45, 7) is 3.27. The Kier molecular flexibility index (Phi) is 7.44. The van der Waals surface area contributed by atoms with Crippen LogP contribution in [0.15, 0.2) is 72.8 Å². The Hall–Kier alpha value is -1.90. The highest BCUT2D eigenvalue weighted by atomic mass is 16.7. The van der Waals surface area contributed by atoms with E-state index in [0.717, 1.165) is 24.0 Å². The molecule has 2 rings (SSSR count). The largest absolute Gasteiger partial charge is 0.344 e. The monoisotopic (exact) mass is 296 g/mol. The third-order valence-corrected chi connectivity index (χ3v) is 3.26. The molecule has 0 aliphatic carbocycles. The highest BCUT2D eigenvalue weighted by Crippen LogP contribution is 2.09. The molecule has 0 fully saturated rings. The van der Waals surface area contributed by atoms with Crippen molar-refractivity contribution in [1.29, 1.82) is 0 Å². The molecule has 0 heterocycles. The smallest absolute Gasteiger partial charge is 0.177 e. The molecule has 0 amide bonds. The van der Waals surface area contributed by atoms with Crippen LogP contribution in [0.1, 0.15) is 30.9 Å². The number of unbranched alkanes of at least 4 members (excludes halogenated alkanes) is 1. The predicted molar refractivity (Wildman–Crippen MR) is 90.3 cm³/mol. The van der Waals surface area contributed by atoms with Crippen molar-refractivity contribution in [3.63, 3.8) is 0 Å². The first-order valence-electron chi connectivity index (χ1n) is 7.86. The molecule has 0 saturated heterocycles. The molecule has 116 valence electrons. The van der Waals surface area contributed by atoms with E-state index in [1.54, 1.807) is 0 Å². The van der Waals surface area contributed by atoms with Gasteiger partial charge in [-0.05, 0) is 23.6 Å². The van der Waals surface area contributed by atoms with Crippen LogP contribution in [0.2, 0.25) is 0 Å². The maximum Gasteiger partial charge on any atom is 0.177 e. The first-order chi connectivity index (χ1) is 10.9. The van der Waals surface area contributed by atoms with E-state index in [-0.39, 0.29) is 6.29 Å². The molecule has 0 atom stereocenters. The molecule has 0 aliphatic heterocycles. The summed E-state index contributed by atoms with van der Waals surface area (Å²) >= 11 is 0. The molecule has 0 aromatic heterocycles. The zero-order chi connectivity index (χ0) is 15.5. The number of ether oxygens (including phenoxy) is 2. The minimum Gasteiger partial charge on any atom is -0.344 e. The first kappa shape index (κ1) is 16.5. The molecule has 0 aliphatic rings. The van der Waals surface area contributed by atoms with Crippen molar-refractivity contribution in [3.8, 4) is 0 Å². The fourth-order valence-electron chi connectivity index (χ4n) is 2.04. The van der Waals surface area contributed by atoms with Gasteiger partial charge in [0.1, 0.15) is 0 Å². The lowest BCUT2D eigenvalue weighted by atomic mass is 10.2. The van der Waals surface area contributed by atoms with Gasteiger partial charge in [-0.3, -0.25) is 0 Å². The number of benzene rings is 2. The summed E-state index contributed by atoms with van der Waals surface area (Å²) in [6.07, 6.45) is 5.99. The van der Waals surface area contributed by atoms with E-state index < -0.39 is 0 Å². The van der Waals surface area contributed by atoms with Crippen LogP contribution in [-0.2, 0) is 22.7 Å². The topological polar surface area (TPSA) is 18.5 Å². The fraction of sp³-hybridized carbons (Fsp3) is 0.300. The van der Waals surface area contributed by atoms with Gasteiger partial charge >= 0.3 is 0 Å². The van der Waals surface area contributed by atoms with Crippen LogP contribution < -0.4 is 0 Å². The SMILES string of the molecule is CCC/C=C/C(OCc1ccccc1)OCc1ccccc1. The summed E-state index contributed by atoms with van der Waals surface area (Å²) in [4.78, 5) is 0. The summed E-state index contributed by atoms with van der Waals surface area (Å²) < 4.78 is 11.8. The van der Waals surface area contributed by atoms with Crippen LogP contribution in [0.4, 0.5) is 0 Å². The molecule has 2 aromatic carbocycles. The fourth-order valence-corrected chi connectivity index (χ4v) is 2.04. The second-order valence-electron chi connectivity index (χ2n) is 5.18. The van der Waals surface area contributed by atoms with E-state index in [1.165, 1.54) is 0 Å². The molecule has 2 heteroatoms. The van der Waals surface area contributed by atoms with E-state index in [1.807, 2.05) is 42.5 Å². The summed E-state index contributed by atoms with van der Waals surface area (Å²) in [5, 5.41) is 0. The summed E-state index contributed by atoms with van der Waals surface area (Å²) in [5.74, 6) is 0. The normalized spacial score (nSPS) is 11.4. The van der Waals surface area contributed by atoms with Gasteiger partial charge in [-0.25, -0.2) is 0 Å². The van der Waals surface area contributed by atoms with E-state index in [9.17, 15) is 0 Å². The number of rotatable bonds is 9. The molecule has 0 bridgehead atoms. The van der Waals surface area contributed by atoms with Crippen molar-refractivity contribution in [3.05, 3.63) is 83.9 Å². The highest BCUT2D eigenvalue weighted by molar-refractivity contribution is 5.14. The van der Waals surface area contributed by atoms with Crippen molar-refractivity contribution in [1.82, 2.24) is 0 Å². The van der Waals surface area contributed by atoms with Crippen molar-refractivity contribution in [2.24, 2.45) is 0 Å². The second kappa shape index (κ2) is 9.93. The van der Waals surface area contributed by atoms with Gasteiger partial charge in [-0.15, -0.1) is 0 Å². The molecular weight excluding hydrogens is 272 g/mol. The predicted octanol–water partition coefficient (Wildman–Crippen LogP) is 5.10. The Morgan fingerprint density at radius 3 is 1.77 bits per heavy atom. The molecule has 22 heavy (non-hydrogen) atoms. The van der Waals surface area contributed by atoms with Crippen molar-refractivity contribution < 1.29 is 9.47 Å². The average molecular weight is 296 g/mol. The quantitative estimate of drug-likeness (QED) is 0.473. The number of hydrogen-bond donors (Lipinski definition) is 0.